The van der Waals surface area contributed by atoms with E-state index < -0.39 is 0 Å². The first-order valence-electron chi connectivity index (χ1n) is 7.30. The lowest BCUT2D eigenvalue weighted by molar-refractivity contribution is 0.432. The molecule has 0 radical (unpaired) electrons. The number of hydrogen-bond acceptors (Lipinski definition) is 4. The van der Waals surface area contributed by atoms with Crippen molar-refractivity contribution in [2.45, 2.75) is 13.5 Å². The highest BCUT2D eigenvalue weighted by atomic mass is 35.5. The molecular weight excluding hydrogens is 312 g/mol. The summed E-state index contributed by atoms with van der Waals surface area (Å²) in [6.07, 6.45) is 1.83. The van der Waals surface area contributed by atoms with E-state index in [9.17, 15) is 0 Å². The molecule has 0 saturated carbocycles. The minimum atomic E-state index is 0.407. The lowest BCUT2D eigenvalue weighted by Crippen LogP contribution is -1.90. The van der Waals surface area contributed by atoms with Gasteiger partial charge in [0, 0.05) is 12.1 Å². The van der Waals surface area contributed by atoms with Crippen LogP contribution in [-0.4, -0.2) is 19.7 Å². The number of aromatic nitrogens is 4. The summed E-state index contributed by atoms with van der Waals surface area (Å²) >= 11 is 6.17. The predicted octanol–water partition coefficient (Wildman–Crippen LogP) is 4.43. The highest BCUT2D eigenvalue weighted by molar-refractivity contribution is 6.33. The Balaban J connectivity index is 1.76. The fraction of sp³-hybridized carbons (Fsp3) is 0.118. The predicted molar refractivity (Wildman–Crippen MR) is 89.1 cm³/mol. The molecule has 0 atom stereocenters. The Morgan fingerprint density at radius 2 is 2.04 bits per heavy atom. The van der Waals surface area contributed by atoms with E-state index in [1.54, 1.807) is 6.07 Å². The van der Waals surface area contributed by atoms with Gasteiger partial charge in [-0.15, -0.1) is 0 Å². The summed E-state index contributed by atoms with van der Waals surface area (Å²) in [6.45, 7) is 2.97. The van der Waals surface area contributed by atoms with Crippen LogP contribution in [-0.2, 0) is 6.54 Å². The van der Waals surface area contributed by atoms with Crippen LogP contribution >= 0.6 is 11.6 Å². The van der Waals surface area contributed by atoms with Crippen molar-refractivity contribution in [3.8, 4) is 22.8 Å². The van der Waals surface area contributed by atoms with Crippen molar-refractivity contribution < 1.29 is 4.52 Å². The largest absolute Gasteiger partial charge is 0.334 e. The zero-order valence-corrected chi connectivity index (χ0v) is 13.2. The molecule has 0 bridgehead atoms. The Kier molecular flexibility index (Phi) is 3.35. The van der Waals surface area contributed by atoms with Crippen LogP contribution in [0.25, 0.3) is 33.9 Å². The molecule has 5 nitrogen and oxygen atoms in total. The average molecular weight is 325 g/mol. The second-order valence-corrected chi connectivity index (χ2v) is 5.54. The number of rotatable bonds is 3. The molecule has 0 aliphatic heterocycles. The van der Waals surface area contributed by atoms with E-state index in [0.717, 1.165) is 28.7 Å². The van der Waals surface area contributed by atoms with Crippen molar-refractivity contribution >= 4 is 22.6 Å². The maximum Gasteiger partial charge on any atom is 0.259 e. The van der Waals surface area contributed by atoms with Gasteiger partial charge in [-0.3, -0.25) is 0 Å². The Hall–Kier alpha value is -2.66. The van der Waals surface area contributed by atoms with Gasteiger partial charge in [0.15, 0.2) is 0 Å². The van der Waals surface area contributed by atoms with Gasteiger partial charge < -0.3 is 9.09 Å². The minimum Gasteiger partial charge on any atom is -0.334 e. The van der Waals surface area contributed by atoms with Gasteiger partial charge in [-0.1, -0.05) is 28.9 Å². The summed E-state index contributed by atoms with van der Waals surface area (Å²) in [7, 11) is 0. The van der Waals surface area contributed by atoms with Gasteiger partial charge in [-0.05, 0) is 37.3 Å². The summed E-state index contributed by atoms with van der Waals surface area (Å²) in [5, 5.41) is 4.64. The summed E-state index contributed by atoms with van der Waals surface area (Å²) < 4.78 is 7.44. The van der Waals surface area contributed by atoms with Gasteiger partial charge in [0.25, 0.3) is 5.89 Å². The summed E-state index contributed by atoms with van der Waals surface area (Å²) in [5.74, 6) is 0.928. The van der Waals surface area contributed by atoms with Crippen LogP contribution < -0.4 is 0 Å². The topological polar surface area (TPSA) is 56.7 Å². The average Bonchev–Trinajstić information content (AvgIpc) is 3.21. The van der Waals surface area contributed by atoms with Crippen molar-refractivity contribution in [3.05, 3.63) is 53.8 Å². The molecule has 0 amide bonds. The molecule has 0 aliphatic rings. The number of aryl methyl sites for hydroxylation is 1. The maximum absolute atomic E-state index is 6.17. The van der Waals surface area contributed by atoms with Gasteiger partial charge >= 0.3 is 0 Å². The van der Waals surface area contributed by atoms with Gasteiger partial charge in [0.2, 0.25) is 5.82 Å². The monoisotopic (exact) mass is 324 g/mol. The Bertz CT molecular complexity index is 989. The number of nitrogens with zero attached hydrogens (tertiary/aromatic N) is 4. The fourth-order valence-corrected chi connectivity index (χ4v) is 2.76. The molecule has 114 valence electrons. The smallest absolute Gasteiger partial charge is 0.259 e. The highest BCUT2D eigenvalue weighted by Crippen LogP contribution is 2.28. The van der Waals surface area contributed by atoms with E-state index in [-0.39, 0.29) is 0 Å². The molecule has 2 heterocycles. The molecule has 0 fully saturated rings. The first-order valence-corrected chi connectivity index (χ1v) is 7.68. The zero-order chi connectivity index (χ0) is 15.8. The first-order chi connectivity index (χ1) is 11.3. The lowest BCUT2D eigenvalue weighted by atomic mass is 10.2. The van der Waals surface area contributed by atoms with Gasteiger partial charge in [-0.2, -0.15) is 4.98 Å². The summed E-state index contributed by atoms with van der Waals surface area (Å²) in [6, 6.07) is 13.3. The normalized spacial score (nSPS) is 11.2. The quantitative estimate of drug-likeness (QED) is 0.559. The van der Waals surface area contributed by atoms with E-state index in [4.69, 9.17) is 16.1 Å². The number of halogens is 1. The van der Waals surface area contributed by atoms with Gasteiger partial charge in [0.05, 0.1) is 27.9 Å². The third kappa shape index (κ3) is 2.39. The second-order valence-electron chi connectivity index (χ2n) is 5.14. The van der Waals surface area contributed by atoms with Crippen molar-refractivity contribution in [1.29, 1.82) is 0 Å². The molecule has 2 aromatic heterocycles. The number of imidazole rings is 1. The molecular formula is C17H13ClN4O. The zero-order valence-electron chi connectivity index (χ0n) is 12.4. The maximum atomic E-state index is 6.17. The van der Waals surface area contributed by atoms with Crippen LogP contribution in [0.3, 0.4) is 0 Å². The second kappa shape index (κ2) is 5.52. The molecule has 0 aliphatic carbocycles. The van der Waals surface area contributed by atoms with Crippen LogP contribution in [0.15, 0.2) is 53.3 Å². The van der Waals surface area contributed by atoms with E-state index in [0.29, 0.717) is 16.7 Å². The van der Waals surface area contributed by atoms with Crippen molar-refractivity contribution in [3.63, 3.8) is 0 Å². The summed E-state index contributed by atoms with van der Waals surface area (Å²) in [5.41, 5.74) is 3.59. The SMILES string of the molecule is CCn1cnc2cc(-c3noc(-c4ccccc4Cl)n3)ccc21. The van der Waals surface area contributed by atoms with Crippen LogP contribution in [0.5, 0.6) is 0 Å². The van der Waals surface area contributed by atoms with Gasteiger partial charge in [-0.25, -0.2) is 4.98 Å². The van der Waals surface area contributed by atoms with Crippen molar-refractivity contribution in [1.82, 2.24) is 19.7 Å². The highest BCUT2D eigenvalue weighted by Gasteiger charge is 2.14. The Labute approximate surface area is 137 Å². The molecule has 0 saturated heterocycles. The summed E-state index contributed by atoms with van der Waals surface area (Å²) in [4.78, 5) is 8.86. The van der Waals surface area contributed by atoms with Crippen LogP contribution in [0.4, 0.5) is 0 Å². The third-order valence-corrected chi connectivity index (χ3v) is 4.08. The Morgan fingerprint density at radius 3 is 2.87 bits per heavy atom. The molecule has 4 rings (SSSR count). The first kappa shape index (κ1) is 14.0. The third-order valence-electron chi connectivity index (χ3n) is 3.75. The number of hydrogen-bond donors (Lipinski definition) is 0. The van der Waals surface area contributed by atoms with Crippen LogP contribution in [0.2, 0.25) is 5.02 Å². The molecule has 2 aromatic carbocycles. The lowest BCUT2D eigenvalue weighted by Gasteiger charge is -1.99. The van der Waals surface area contributed by atoms with E-state index in [1.165, 1.54) is 0 Å². The standard InChI is InChI=1S/C17H13ClN4O/c1-2-22-10-19-14-9-11(7-8-15(14)22)16-20-17(23-21-16)12-5-3-4-6-13(12)18/h3-10H,2H2,1H3. The minimum absolute atomic E-state index is 0.407. The number of benzene rings is 2. The molecule has 0 unspecified atom stereocenters. The molecule has 0 spiro atoms. The number of fused-ring (bicyclic) bond motifs is 1. The molecule has 0 N–H and O–H groups in total. The van der Waals surface area contributed by atoms with E-state index >= 15 is 0 Å². The van der Waals surface area contributed by atoms with Crippen LogP contribution in [0, 0.1) is 0 Å². The van der Waals surface area contributed by atoms with Crippen molar-refractivity contribution in [2.75, 3.05) is 0 Å². The van der Waals surface area contributed by atoms with E-state index in [1.807, 2.05) is 42.7 Å². The van der Waals surface area contributed by atoms with Crippen molar-refractivity contribution in [2.24, 2.45) is 0 Å². The fourth-order valence-electron chi connectivity index (χ4n) is 2.54. The Morgan fingerprint density at radius 1 is 1.17 bits per heavy atom. The van der Waals surface area contributed by atoms with Gasteiger partial charge in [0.1, 0.15) is 0 Å². The van der Waals surface area contributed by atoms with Crippen LogP contribution in [0.1, 0.15) is 6.92 Å². The molecule has 4 aromatic rings. The molecule has 6 heteroatoms. The molecule has 23 heavy (non-hydrogen) atoms. The van der Waals surface area contributed by atoms with E-state index in [2.05, 4.69) is 26.6 Å².